The zero-order valence-corrected chi connectivity index (χ0v) is 26.2. The van der Waals surface area contributed by atoms with Crippen LogP contribution in [-0.2, 0) is 0 Å². The number of benzene rings is 7. The summed E-state index contributed by atoms with van der Waals surface area (Å²) >= 11 is 1.71. The summed E-state index contributed by atoms with van der Waals surface area (Å²) in [5.74, 6) is 0. The molecule has 2 heterocycles. The Labute approximate surface area is 276 Å². The van der Waals surface area contributed by atoms with Gasteiger partial charge in [-0.2, -0.15) is 0 Å². The quantitative estimate of drug-likeness (QED) is 0.185. The van der Waals surface area contributed by atoms with Crippen molar-refractivity contribution in [2.75, 3.05) is 4.90 Å². The Morgan fingerprint density at radius 3 is 1.68 bits per heavy atom. The number of nitrogens with zero attached hydrogens (tertiary/aromatic N) is 2. The molecule has 0 amide bonds. The van der Waals surface area contributed by atoms with Crippen LogP contribution in [0.25, 0.3) is 65.0 Å². The first-order valence-corrected chi connectivity index (χ1v) is 16.5. The fourth-order valence-corrected chi connectivity index (χ4v) is 7.50. The number of anilines is 3. The fourth-order valence-electron chi connectivity index (χ4n) is 6.49. The molecule has 222 valence electrons. The Morgan fingerprint density at radius 1 is 0.468 bits per heavy atom. The van der Waals surface area contributed by atoms with Gasteiger partial charge in [0.25, 0.3) is 0 Å². The van der Waals surface area contributed by atoms with Crippen molar-refractivity contribution in [3.8, 4) is 32.8 Å². The van der Waals surface area contributed by atoms with Crippen molar-refractivity contribution in [2.45, 2.75) is 0 Å². The van der Waals surface area contributed by atoms with E-state index in [0.717, 1.165) is 70.9 Å². The first-order valence-electron chi connectivity index (χ1n) is 15.7. The van der Waals surface area contributed by atoms with E-state index in [9.17, 15) is 0 Å². The molecule has 3 nitrogen and oxygen atoms in total. The molecule has 4 heteroatoms. The second-order valence-electron chi connectivity index (χ2n) is 11.6. The van der Waals surface area contributed by atoms with E-state index in [0.29, 0.717) is 0 Å². The monoisotopic (exact) mass is 620 g/mol. The standard InChI is InChI=1S/C43H28N2OS/c1-4-12-29(13-5-1)30-20-24-34(25-21-30)45(33-16-8-3-9-17-33)35-26-22-31(23-27-35)40-41-36-18-10-11-19-37(36)46-38(41)28-39-42(40)44-43(47-39)32-14-6-2-7-15-32/h1-28H. The van der Waals surface area contributed by atoms with Crippen LogP contribution in [0.15, 0.2) is 174 Å². The third-order valence-electron chi connectivity index (χ3n) is 8.71. The number of aromatic nitrogens is 1. The number of para-hydroxylation sites is 2. The molecule has 0 atom stereocenters. The van der Waals surface area contributed by atoms with Crippen molar-refractivity contribution in [1.82, 2.24) is 4.98 Å². The molecule has 0 fully saturated rings. The number of fused-ring (bicyclic) bond motifs is 4. The highest BCUT2D eigenvalue weighted by Crippen LogP contribution is 2.45. The summed E-state index contributed by atoms with van der Waals surface area (Å²) in [5, 5.41) is 3.20. The highest BCUT2D eigenvalue weighted by Gasteiger charge is 2.21. The molecule has 7 aromatic carbocycles. The smallest absolute Gasteiger partial charge is 0.137 e. The van der Waals surface area contributed by atoms with Gasteiger partial charge in [0.1, 0.15) is 16.2 Å². The lowest BCUT2D eigenvalue weighted by Gasteiger charge is -2.26. The molecule has 0 aliphatic heterocycles. The molecule has 9 rings (SSSR count). The molecule has 2 aromatic heterocycles. The van der Waals surface area contributed by atoms with Gasteiger partial charge in [0.2, 0.25) is 0 Å². The largest absolute Gasteiger partial charge is 0.456 e. The molecule has 0 unspecified atom stereocenters. The number of rotatable bonds is 6. The third kappa shape index (κ3) is 4.87. The van der Waals surface area contributed by atoms with Gasteiger partial charge in [0.15, 0.2) is 0 Å². The van der Waals surface area contributed by atoms with Gasteiger partial charge in [0.05, 0.1) is 10.2 Å². The normalized spacial score (nSPS) is 11.4. The summed E-state index contributed by atoms with van der Waals surface area (Å²) < 4.78 is 7.54. The number of furan rings is 1. The molecule has 9 aromatic rings. The van der Waals surface area contributed by atoms with Gasteiger partial charge >= 0.3 is 0 Å². The summed E-state index contributed by atoms with van der Waals surface area (Å²) in [4.78, 5) is 7.55. The van der Waals surface area contributed by atoms with E-state index in [2.05, 4.69) is 157 Å². The molecule has 0 bridgehead atoms. The Morgan fingerprint density at radius 2 is 1.00 bits per heavy atom. The zero-order chi connectivity index (χ0) is 31.2. The lowest BCUT2D eigenvalue weighted by Crippen LogP contribution is -2.09. The van der Waals surface area contributed by atoms with Crippen LogP contribution in [0.4, 0.5) is 17.1 Å². The molecule has 0 aliphatic carbocycles. The van der Waals surface area contributed by atoms with Gasteiger partial charge in [-0.05, 0) is 59.2 Å². The SMILES string of the molecule is c1ccc(-c2ccc(N(c3ccccc3)c3ccc(-c4c5nc(-c6ccccc6)sc5cc5oc6ccccc6c45)cc3)cc2)cc1. The summed E-state index contributed by atoms with van der Waals surface area (Å²) in [6.45, 7) is 0. The fraction of sp³-hybridized carbons (Fsp3) is 0. The van der Waals surface area contributed by atoms with Gasteiger partial charge in [-0.3, -0.25) is 0 Å². The first-order chi connectivity index (χ1) is 23.3. The summed E-state index contributed by atoms with van der Waals surface area (Å²) in [5.41, 5.74) is 11.8. The molecule has 0 N–H and O–H groups in total. The maximum Gasteiger partial charge on any atom is 0.137 e. The van der Waals surface area contributed by atoms with Crippen molar-refractivity contribution in [3.05, 3.63) is 170 Å². The topological polar surface area (TPSA) is 29.3 Å². The number of hydrogen-bond acceptors (Lipinski definition) is 4. The maximum atomic E-state index is 6.43. The summed E-state index contributed by atoms with van der Waals surface area (Å²) in [7, 11) is 0. The molecular weight excluding hydrogens is 593 g/mol. The second-order valence-corrected chi connectivity index (χ2v) is 12.6. The van der Waals surface area contributed by atoms with Gasteiger partial charge in [-0.15, -0.1) is 11.3 Å². The van der Waals surface area contributed by atoms with E-state index in [1.807, 2.05) is 18.2 Å². The van der Waals surface area contributed by atoms with Crippen LogP contribution in [0.1, 0.15) is 0 Å². The average molecular weight is 621 g/mol. The van der Waals surface area contributed by atoms with Gasteiger partial charge in [0, 0.05) is 45.0 Å². The highest BCUT2D eigenvalue weighted by atomic mass is 32.1. The Hall–Kier alpha value is -5.97. The predicted octanol–water partition coefficient (Wildman–Crippen LogP) is 12.7. The van der Waals surface area contributed by atoms with Crippen LogP contribution in [0, 0.1) is 0 Å². The molecule has 0 spiro atoms. The molecule has 0 saturated heterocycles. The van der Waals surface area contributed by atoms with E-state index in [-0.39, 0.29) is 0 Å². The number of thiazole rings is 1. The van der Waals surface area contributed by atoms with Crippen LogP contribution in [0.3, 0.4) is 0 Å². The average Bonchev–Trinajstić information content (AvgIpc) is 3.74. The Bertz CT molecular complexity index is 2480. The highest BCUT2D eigenvalue weighted by molar-refractivity contribution is 7.21. The molecule has 0 aliphatic rings. The van der Waals surface area contributed by atoms with E-state index >= 15 is 0 Å². The van der Waals surface area contributed by atoms with Gasteiger partial charge in [-0.25, -0.2) is 4.98 Å². The predicted molar refractivity (Wildman–Crippen MR) is 198 cm³/mol. The summed E-state index contributed by atoms with van der Waals surface area (Å²) in [6, 6.07) is 59.6. The van der Waals surface area contributed by atoms with E-state index in [1.165, 1.54) is 11.1 Å². The molecule has 0 radical (unpaired) electrons. The van der Waals surface area contributed by atoms with Crippen molar-refractivity contribution in [1.29, 1.82) is 0 Å². The van der Waals surface area contributed by atoms with Crippen molar-refractivity contribution >= 4 is 60.6 Å². The molecular formula is C43H28N2OS. The lowest BCUT2D eigenvalue weighted by atomic mass is 9.97. The van der Waals surface area contributed by atoms with Crippen LogP contribution in [0.2, 0.25) is 0 Å². The number of hydrogen-bond donors (Lipinski definition) is 0. The van der Waals surface area contributed by atoms with E-state index in [4.69, 9.17) is 9.40 Å². The Balaban J connectivity index is 1.19. The van der Waals surface area contributed by atoms with Crippen molar-refractivity contribution in [2.24, 2.45) is 0 Å². The van der Waals surface area contributed by atoms with Crippen molar-refractivity contribution in [3.63, 3.8) is 0 Å². The van der Waals surface area contributed by atoms with E-state index in [1.54, 1.807) is 11.3 Å². The minimum Gasteiger partial charge on any atom is -0.456 e. The first kappa shape index (κ1) is 27.3. The van der Waals surface area contributed by atoms with Crippen LogP contribution in [-0.4, -0.2) is 4.98 Å². The zero-order valence-electron chi connectivity index (χ0n) is 25.4. The van der Waals surface area contributed by atoms with Gasteiger partial charge < -0.3 is 9.32 Å². The Kier molecular flexibility index (Phi) is 6.65. The lowest BCUT2D eigenvalue weighted by molar-refractivity contribution is 0.669. The third-order valence-corrected chi connectivity index (χ3v) is 9.76. The van der Waals surface area contributed by atoms with Gasteiger partial charge in [-0.1, -0.05) is 121 Å². The van der Waals surface area contributed by atoms with Crippen LogP contribution < -0.4 is 4.90 Å². The maximum absolute atomic E-state index is 6.43. The van der Waals surface area contributed by atoms with Crippen LogP contribution in [0.5, 0.6) is 0 Å². The minimum absolute atomic E-state index is 0.880. The molecule has 0 saturated carbocycles. The minimum atomic E-state index is 0.880. The second kappa shape index (κ2) is 11.4. The summed E-state index contributed by atoms with van der Waals surface area (Å²) in [6.07, 6.45) is 0. The van der Waals surface area contributed by atoms with Crippen molar-refractivity contribution < 1.29 is 4.42 Å². The molecule has 47 heavy (non-hydrogen) atoms. The van der Waals surface area contributed by atoms with Crippen LogP contribution >= 0.6 is 11.3 Å². The van der Waals surface area contributed by atoms with E-state index < -0.39 is 0 Å².